The summed E-state index contributed by atoms with van der Waals surface area (Å²) in [4.78, 5) is 18.9. The quantitative estimate of drug-likeness (QED) is 0.437. The molecule has 0 radical (unpaired) electrons. The first-order chi connectivity index (χ1) is 17.1. The van der Waals surface area contributed by atoms with E-state index in [1.54, 1.807) is 11.3 Å². The molecule has 178 valence electrons. The molecular formula is C25H21F2N5O2S. The summed E-state index contributed by atoms with van der Waals surface area (Å²) in [6, 6.07) is 11.4. The number of hydrogen-bond donors (Lipinski definition) is 1. The molecule has 0 saturated carbocycles. The molecule has 4 heterocycles. The second-order valence-corrected chi connectivity index (χ2v) is 9.43. The molecule has 7 nitrogen and oxygen atoms in total. The number of halogens is 2. The first-order valence-electron chi connectivity index (χ1n) is 11.3. The number of rotatable bonds is 4. The van der Waals surface area contributed by atoms with Crippen LogP contribution in [-0.2, 0) is 4.79 Å². The van der Waals surface area contributed by atoms with Crippen molar-refractivity contribution in [3.8, 4) is 21.9 Å². The second kappa shape index (κ2) is 8.86. The molecule has 4 aromatic rings. The fraction of sp³-hybridized carbons (Fsp3) is 0.240. The average Bonchev–Trinajstić information content (AvgIpc) is 3.52. The van der Waals surface area contributed by atoms with Gasteiger partial charge in [-0.15, -0.1) is 11.3 Å². The minimum Gasteiger partial charge on any atom is -0.492 e. The van der Waals surface area contributed by atoms with Crippen molar-refractivity contribution in [3.63, 3.8) is 0 Å². The Kier molecular flexibility index (Phi) is 5.54. The Hall–Kier alpha value is -3.63. The maximum Gasteiger partial charge on any atom is 0.210 e. The van der Waals surface area contributed by atoms with E-state index in [0.29, 0.717) is 18.9 Å². The predicted molar refractivity (Wildman–Crippen MR) is 127 cm³/mol. The number of amides is 1. The smallest absolute Gasteiger partial charge is 0.210 e. The summed E-state index contributed by atoms with van der Waals surface area (Å²) < 4.78 is 35.7. The van der Waals surface area contributed by atoms with Gasteiger partial charge >= 0.3 is 0 Å². The summed E-state index contributed by atoms with van der Waals surface area (Å²) in [5.41, 5.74) is 3.10. The standard InChI is InChI=1S/C25H21F2N5O2S/c26-16-2-3-21(20(27)10-16)32-25(29-13-30-32)19-12-34-23-4-1-15(22-11-28-6-7-31(22)14-33)9-18(23)24-17(19)5-8-35-24/h1-5,8-10,13-14,19,22,28H,6-7,11-12H2. The Balaban J connectivity index is 1.41. The number of carbonyl (C=O) groups is 1. The van der Waals surface area contributed by atoms with E-state index < -0.39 is 11.6 Å². The van der Waals surface area contributed by atoms with Crippen molar-refractivity contribution in [1.29, 1.82) is 0 Å². The molecule has 1 amide bonds. The Morgan fingerprint density at radius 2 is 2.09 bits per heavy atom. The third kappa shape index (κ3) is 3.78. The van der Waals surface area contributed by atoms with Crippen LogP contribution in [-0.4, -0.2) is 52.3 Å². The Morgan fingerprint density at radius 1 is 1.17 bits per heavy atom. The minimum atomic E-state index is -0.717. The van der Waals surface area contributed by atoms with E-state index in [1.165, 1.54) is 23.1 Å². The minimum absolute atomic E-state index is 0.0569. The topological polar surface area (TPSA) is 72.3 Å². The molecule has 2 aromatic carbocycles. The van der Waals surface area contributed by atoms with Crippen molar-refractivity contribution >= 4 is 17.7 Å². The second-order valence-electron chi connectivity index (χ2n) is 8.51. The molecule has 35 heavy (non-hydrogen) atoms. The van der Waals surface area contributed by atoms with Crippen LogP contribution in [0, 0.1) is 11.6 Å². The molecule has 1 saturated heterocycles. The highest BCUT2D eigenvalue weighted by Gasteiger charge is 2.31. The molecule has 2 unspecified atom stereocenters. The fourth-order valence-corrected chi connectivity index (χ4v) is 5.81. The Morgan fingerprint density at radius 3 is 2.94 bits per heavy atom. The molecular weight excluding hydrogens is 472 g/mol. The monoisotopic (exact) mass is 493 g/mol. The molecule has 0 spiro atoms. The maximum absolute atomic E-state index is 14.6. The van der Waals surface area contributed by atoms with Crippen molar-refractivity contribution in [2.45, 2.75) is 12.0 Å². The van der Waals surface area contributed by atoms with Gasteiger partial charge in [0.2, 0.25) is 6.41 Å². The summed E-state index contributed by atoms with van der Waals surface area (Å²) in [7, 11) is 0. The van der Waals surface area contributed by atoms with Crippen molar-refractivity contribution < 1.29 is 18.3 Å². The molecule has 0 bridgehead atoms. The van der Waals surface area contributed by atoms with E-state index >= 15 is 0 Å². The van der Waals surface area contributed by atoms with E-state index in [-0.39, 0.29) is 24.3 Å². The highest BCUT2D eigenvalue weighted by molar-refractivity contribution is 7.13. The van der Waals surface area contributed by atoms with Crippen LogP contribution >= 0.6 is 11.3 Å². The zero-order chi connectivity index (χ0) is 23.9. The van der Waals surface area contributed by atoms with Gasteiger partial charge in [-0.25, -0.2) is 18.4 Å². The number of piperazine rings is 1. The number of benzene rings is 2. The van der Waals surface area contributed by atoms with Gasteiger partial charge in [0.1, 0.15) is 36.0 Å². The molecule has 2 aliphatic heterocycles. The lowest BCUT2D eigenvalue weighted by Gasteiger charge is -2.33. The lowest BCUT2D eigenvalue weighted by molar-refractivity contribution is -0.121. The van der Waals surface area contributed by atoms with Crippen molar-refractivity contribution in [1.82, 2.24) is 25.0 Å². The molecule has 6 rings (SSSR count). The predicted octanol–water partition coefficient (Wildman–Crippen LogP) is 3.90. The van der Waals surface area contributed by atoms with Crippen molar-refractivity contribution in [3.05, 3.63) is 82.8 Å². The van der Waals surface area contributed by atoms with Gasteiger partial charge in [-0.1, -0.05) is 6.07 Å². The molecule has 10 heteroatoms. The maximum atomic E-state index is 14.6. The molecule has 2 atom stereocenters. The number of aromatic nitrogens is 3. The van der Waals surface area contributed by atoms with Gasteiger partial charge in [-0.05, 0) is 46.8 Å². The highest BCUT2D eigenvalue weighted by Crippen LogP contribution is 2.45. The number of nitrogens with zero attached hydrogens (tertiary/aromatic N) is 4. The summed E-state index contributed by atoms with van der Waals surface area (Å²) >= 11 is 1.59. The first-order valence-corrected chi connectivity index (χ1v) is 12.1. The van der Waals surface area contributed by atoms with Crippen LogP contribution in [0.25, 0.3) is 16.1 Å². The number of nitrogens with one attached hydrogen (secondary N) is 1. The van der Waals surface area contributed by atoms with Gasteiger partial charge in [0.25, 0.3) is 0 Å². The molecule has 1 fully saturated rings. The first kappa shape index (κ1) is 21.9. The normalized spacial score (nSPS) is 19.4. The van der Waals surface area contributed by atoms with E-state index in [4.69, 9.17) is 4.74 Å². The average molecular weight is 494 g/mol. The van der Waals surface area contributed by atoms with Crippen LogP contribution in [0.4, 0.5) is 8.78 Å². The van der Waals surface area contributed by atoms with E-state index in [1.807, 2.05) is 28.5 Å². The van der Waals surface area contributed by atoms with Crippen LogP contribution in [0.3, 0.4) is 0 Å². The van der Waals surface area contributed by atoms with Gasteiger partial charge in [-0.3, -0.25) is 4.79 Å². The number of carbonyl (C=O) groups excluding carboxylic acids is 1. The third-order valence-electron chi connectivity index (χ3n) is 6.55. The van der Waals surface area contributed by atoms with Crippen LogP contribution < -0.4 is 10.1 Å². The van der Waals surface area contributed by atoms with Gasteiger partial charge in [0.05, 0.1) is 12.0 Å². The number of fused-ring (bicyclic) bond motifs is 3. The summed E-state index contributed by atoms with van der Waals surface area (Å²) in [6.45, 7) is 2.40. The summed E-state index contributed by atoms with van der Waals surface area (Å²) in [5, 5.41) is 9.60. The number of thiophene rings is 1. The molecule has 2 aromatic heterocycles. The van der Waals surface area contributed by atoms with Gasteiger partial charge < -0.3 is 15.0 Å². The lowest BCUT2D eigenvalue weighted by Crippen LogP contribution is -2.45. The summed E-state index contributed by atoms with van der Waals surface area (Å²) in [6.07, 6.45) is 2.27. The third-order valence-corrected chi connectivity index (χ3v) is 7.52. The van der Waals surface area contributed by atoms with E-state index in [0.717, 1.165) is 46.3 Å². The van der Waals surface area contributed by atoms with Crippen LogP contribution in [0.2, 0.25) is 0 Å². The van der Waals surface area contributed by atoms with Gasteiger partial charge in [0, 0.05) is 36.1 Å². The van der Waals surface area contributed by atoms with Crippen LogP contribution in [0.15, 0.2) is 54.2 Å². The summed E-state index contributed by atoms with van der Waals surface area (Å²) in [5.74, 6) is -0.446. The number of ether oxygens (including phenoxy) is 1. The molecule has 0 aliphatic carbocycles. The van der Waals surface area contributed by atoms with E-state index in [2.05, 4.69) is 21.5 Å². The van der Waals surface area contributed by atoms with Crippen LogP contribution in [0.5, 0.6) is 5.75 Å². The zero-order valence-electron chi connectivity index (χ0n) is 18.5. The van der Waals surface area contributed by atoms with Crippen LogP contribution in [0.1, 0.15) is 28.9 Å². The zero-order valence-corrected chi connectivity index (χ0v) is 19.3. The largest absolute Gasteiger partial charge is 0.492 e. The van der Waals surface area contributed by atoms with Gasteiger partial charge in [-0.2, -0.15) is 5.10 Å². The molecule has 1 N–H and O–H groups in total. The van der Waals surface area contributed by atoms with Crippen molar-refractivity contribution in [2.75, 3.05) is 26.2 Å². The van der Waals surface area contributed by atoms with E-state index in [9.17, 15) is 13.6 Å². The SMILES string of the molecule is O=CN1CCNCC1c1ccc2c(c1)-c1sccc1C(c1ncnn1-c1ccc(F)cc1F)CO2. The fourth-order valence-electron chi connectivity index (χ4n) is 4.83. The Bertz CT molecular complexity index is 1400. The lowest BCUT2D eigenvalue weighted by atomic mass is 9.95. The highest BCUT2D eigenvalue weighted by atomic mass is 32.1. The van der Waals surface area contributed by atoms with Crippen molar-refractivity contribution in [2.24, 2.45) is 0 Å². The van der Waals surface area contributed by atoms with Gasteiger partial charge in [0.15, 0.2) is 5.82 Å². The number of hydrogen-bond acceptors (Lipinski definition) is 6. The Labute approximate surface area is 204 Å². The molecule has 2 aliphatic rings.